The highest BCUT2D eigenvalue weighted by Crippen LogP contribution is 2.33. The summed E-state index contributed by atoms with van der Waals surface area (Å²) in [6.45, 7) is 7.77. The van der Waals surface area contributed by atoms with Crippen molar-refractivity contribution in [3.8, 4) is 0 Å². The van der Waals surface area contributed by atoms with Gasteiger partial charge in [0.15, 0.2) is 3.83 Å². The summed E-state index contributed by atoms with van der Waals surface area (Å²) >= 11 is 5.99. The van der Waals surface area contributed by atoms with Crippen LogP contribution in [0.15, 0.2) is 29.0 Å². The average Bonchev–Trinajstić information content (AvgIpc) is 3.34. The molecule has 1 fully saturated rings. The Morgan fingerprint density at radius 3 is 2.74 bits per heavy atom. The fourth-order valence-electron chi connectivity index (χ4n) is 3.70. The summed E-state index contributed by atoms with van der Waals surface area (Å²) < 4.78 is 24.2. The molecule has 0 radical (unpaired) electrons. The van der Waals surface area contributed by atoms with Crippen molar-refractivity contribution < 1.29 is 14.1 Å². The number of rotatable bonds is 4. The van der Waals surface area contributed by atoms with Gasteiger partial charge in [0.2, 0.25) is 0 Å². The Hall–Kier alpha value is -1.24. The minimum Gasteiger partial charge on any atom is -0.423 e. The van der Waals surface area contributed by atoms with Gasteiger partial charge in [-0.1, -0.05) is 6.07 Å². The molecule has 0 bridgehead atoms. The van der Waals surface area contributed by atoms with Gasteiger partial charge in [-0.15, -0.1) is 0 Å². The van der Waals surface area contributed by atoms with E-state index in [1.165, 1.54) is 30.5 Å². The molecule has 1 atom stereocenters. The quantitative estimate of drug-likeness (QED) is 0.361. The molecule has 31 heavy (non-hydrogen) atoms. The standard InChI is InChI=1S/C13H16BrIN4.C8H8BFO2/c1-8-5-18(13(15)16-8)7-11-9(2)17-19(12(11)14)6-10-3-4-10;1-5-7-4-6(10)2-3-8(7)9(11)12-5/h5,10H,3-4,6-7H2,1-2H3;2-5,11H,1H3/t;5-/m.1/s1. The van der Waals surface area contributed by atoms with Gasteiger partial charge in [0.1, 0.15) is 10.4 Å². The van der Waals surface area contributed by atoms with Gasteiger partial charge in [0.05, 0.1) is 24.0 Å². The maximum atomic E-state index is 12.7. The van der Waals surface area contributed by atoms with Crippen LogP contribution in [0.1, 0.15) is 48.4 Å². The van der Waals surface area contributed by atoms with Crippen LogP contribution in [0.3, 0.4) is 0 Å². The molecule has 0 unspecified atom stereocenters. The largest absolute Gasteiger partial charge is 0.491 e. The van der Waals surface area contributed by atoms with Crippen molar-refractivity contribution in [2.75, 3.05) is 0 Å². The van der Waals surface area contributed by atoms with E-state index in [1.807, 2.05) is 6.92 Å². The van der Waals surface area contributed by atoms with Crippen LogP contribution in [-0.2, 0) is 17.7 Å². The number of hydrogen-bond acceptors (Lipinski definition) is 4. The van der Waals surface area contributed by atoms with Gasteiger partial charge in [-0.25, -0.2) is 9.37 Å². The first-order valence-corrected chi connectivity index (χ1v) is 12.1. The normalized spacial score (nSPS) is 17.5. The van der Waals surface area contributed by atoms with Crippen molar-refractivity contribution >= 4 is 51.1 Å². The molecule has 3 aromatic rings. The van der Waals surface area contributed by atoms with Crippen LogP contribution >= 0.6 is 38.5 Å². The summed E-state index contributed by atoms with van der Waals surface area (Å²) in [5.41, 5.74) is 4.83. The second-order valence-corrected chi connectivity index (χ2v) is 9.88. The smallest absolute Gasteiger partial charge is 0.423 e. The van der Waals surface area contributed by atoms with Gasteiger partial charge in [-0.2, -0.15) is 5.10 Å². The molecule has 0 spiro atoms. The Labute approximate surface area is 203 Å². The predicted molar refractivity (Wildman–Crippen MR) is 130 cm³/mol. The van der Waals surface area contributed by atoms with Crippen molar-refractivity contribution in [2.45, 2.75) is 52.8 Å². The first-order chi connectivity index (χ1) is 14.7. The Morgan fingerprint density at radius 2 is 2.10 bits per heavy atom. The second kappa shape index (κ2) is 9.32. The number of imidazole rings is 1. The van der Waals surface area contributed by atoms with E-state index in [9.17, 15) is 9.41 Å². The number of aryl methyl sites for hydroxylation is 2. The number of nitrogens with zero attached hydrogens (tertiary/aromatic N) is 4. The van der Waals surface area contributed by atoms with Crippen LogP contribution in [0, 0.1) is 29.4 Å². The Bertz CT molecular complexity index is 1100. The molecule has 1 aromatic carbocycles. The monoisotopic (exact) mass is 600 g/mol. The summed E-state index contributed by atoms with van der Waals surface area (Å²) in [6.07, 6.45) is 4.57. The SMILES string of the molecule is C[C@H]1OB(O)c2ccc(F)cc21.Cc1cn(Cc2c(C)nn(CC3CC3)c2Br)c(I)n1. The first kappa shape index (κ1) is 22.9. The highest BCUT2D eigenvalue weighted by Gasteiger charge is 2.32. The molecular formula is C21H24BBrFIN4O2. The molecule has 1 saturated carbocycles. The van der Waals surface area contributed by atoms with Crippen LogP contribution in [0.2, 0.25) is 0 Å². The van der Waals surface area contributed by atoms with Gasteiger partial charge in [-0.05, 0) is 101 Å². The minimum atomic E-state index is -0.893. The zero-order chi connectivity index (χ0) is 22.3. The maximum absolute atomic E-state index is 12.7. The highest BCUT2D eigenvalue weighted by molar-refractivity contribution is 14.1. The molecule has 1 aliphatic carbocycles. The lowest BCUT2D eigenvalue weighted by Gasteiger charge is -2.05. The summed E-state index contributed by atoms with van der Waals surface area (Å²) in [5, 5.41) is 14.0. The molecule has 0 amide bonds. The number of halogens is 3. The summed E-state index contributed by atoms with van der Waals surface area (Å²) in [5.74, 6) is 0.539. The highest BCUT2D eigenvalue weighted by atomic mass is 127. The van der Waals surface area contributed by atoms with Crippen molar-refractivity contribution in [1.82, 2.24) is 19.3 Å². The topological polar surface area (TPSA) is 65.1 Å². The number of benzene rings is 1. The van der Waals surface area contributed by atoms with Crippen molar-refractivity contribution in [3.05, 3.63) is 61.2 Å². The van der Waals surface area contributed by atoms with Gasteiger partial charge in [-0.3, -0.25) is 4.68 Å². The van der Waals surface area contributed by atoms with E-state index in [4.69, 9.17) is 4.65 Å². The molecular weight excluding hydrogens is 577 g/mol. The van der Waals surface area contributed by atoms with Crippen LogP contribution in [0.5, 0.6) is 0 Å². The van der Waals surface area contributed by atoms with E-state index < -0.39 is 7.12 Å². The zero-order valence-corrected chi connectivity index (χ0v) is 21.4. The molecule has 10 heteroatoms. The molecule has 2 aromatic heterocycles. The lowest BCUT2D eigenvalue weighted by Crippen LogP contribution is -2.27. The Morgan fingerprint density at radius 1 is 1.35 bits per heavy atom. The lowest BCUT2D eigenvalue weighted by molar-refractivity contribution is 0.208. The third-order valence-electron chi connectivity index (χ3n) is 5.57. The molecule has 6 nitrogen and oxygen atoms in total. The van der Waals surface area contributed by atoms with Crippen molar-refractivity contribution in [1.29, 1.82) is 0 Å². The van der Waals surface area contributed by atoms with Gasteiger partial charge in [0, 0.05) is 18.3 Å². The summed E-state index contributed by atoms with van der Waals surface area (Å²) in [4.78, 5) is 4.44. The zero-order valence-electron chi connectivity index (χ0n) is 17.6. The maximum Gasteiger partial charge on any atom is 0.491 e. The number of aromatic nitrogens is 4. The molecule has 1 aliphatic heterocycles. The third kappa shape index (κ3) is 5.23. The van der Waals surface area contributed by atoms with E-state index in [-0.39, 0.29) is 11.9 Å². The van der Waals surface area contributed by atoms with E-state index in [0.29, 0.717) is 5.46 Å². The molecule has 3 heterocycles. The summed E-state index contributed by atoms with van der Waals surface area (Å²) in [6, 6.07) is 4.28. The molecule has 2 aliphatic rings. The fraction of sp³-hybridized carbons (Fsp3) is 0.429. The Kier molecular flexibility index (Phi) is 6.90. The van der Waals surface area contributed by atoms with E-state index in [2.05, 4.69) is 71.0 Å². The lowest BCUT2D eigenvalue weighted by atomic mass is 9.79. The molecule has 0 saturated heterocycles. The van der Waals surface area contributed by atoms with Crippen LogP contribution < -0.4 is 5.46 Å². The second-order valence-electron chi connectivity index (χ2n) is 8.16. The fourth-order valence-corrected chi connectivity index (χ4v) is 5.02. The summed E-state index contributed by atoms with van der Waals surface area (Å²) in [7, 11) is -0.893. The first-order valence-electron chi connectivity index (χ1n) is 10.3. The average molecular weight is 601 g/mol. The molecule has 164 valence electrons. The number of hydrogen-bond donors (Lipinski definition) is 1. The van der Waals surface area contributed by atoms with Gasteiger partial charge >= 0.3 is 7.12 Å². The Balaban J connectivity index is 0.000000166. The van der Waals surface area contributed by atoms with Crippen LogP contribution in [-0.4, -0.2) is 31.5 Å². The van der Waals surface area contributed by atoms with Gasteiger partial charge < -0.3 is 14.2 Å². The van der Waals surface area contributed by atoms with Gasteiger partial charge in [0.25, 0.3) is 0 Å². The number of fused-ring (bicyclic) bond motifs is 1. The molecule has 1 N–H and O–H groups in total. The minimum absolute atomic E-state index is 0.217. The van der Waals surface area contributed by atoms with E-state index >= 15 is 0 Å². The third-order valence-corrected chi connectivity index (χ3v) is 7.32. The van der Waals surface area contributed by atoms with Crippen molar-refractivity contribution in [2.24, 2.45) is 5.92 Å². The van der Waals surface area contributed by atoms with Crippen molar-refractivity contribution in [3.63, 3.8) is 0 Å². The predicted octanol–water partition coefficient (Wildman–Crippen LogP) is 4.13. The van der Waals surface area contributed by atoms with E-state index in [1.54, 1.807) is 13.0 Å². The molecule has 5 rings (SSSR count). The van der Waals surface area contributed by atoms with E-state index in [0.717, 1.165) is 44.4 Å². The van der Waals surface area contributed by atoms with Crippen LogP contribution in [0.25, 0.3) is 0 Å². The van der Waals surface area contributed by atoms with Crippen LogP contribution in [0.4, 0.5) is 4.39 Å².